The minimum atomic E-state index is -0.267. The molecule has 4 aromatic rings. The molecule has 0 unspecified atom stereocenters. The highest BCUT2D eigenvalue weighted by molar-refractivity contribution is 5.87. The molecular weight excluding hydrogens is 383 g/mol. The van der Waals surface area contributed by atoms with E-state index in [-0.39, 0.29) is 5.82 Å². The standard InChI is InChI=1S/C22H21FN6O/c1-30-19-9-5-8-18(23)20(19)27-10-12-28(13-11-27)21-17-14-26-29(22(17)25-15-24-21)16-6-3-2-4-7-16/h2-9,14-15H,10-13H2,1H3. The van der Waals surface area contributed by atoms with Gasteiger partial charge in [-0.25, -0.2) is 19.0 Å². The largest absolute Gasteiger partial charge is 0.494 e. The van der Waals surface area contributed by atoms with Gasteiger partial charge in [0.25, 0.3) is 0 Å². The fraction of sp³-hybridized carbons (Fsp3) is 0.227. The van der Waals surface area contributed by atoms with Gasteiger partial charge in [0.05, 0.1) is 24.4 Å². The van der Waals surface area contributed by atoms with Gasteiger partial charge >= 0.3 is 0 Å². The summed E-state index contributed by atoms with van der Waals surface area (Å²) in [6.07, 6.45) is 3.38. The molecule has 30 heavy (non-hydrogen) atoms. The molecule has 1 aliphatic heterocycles. The zero-order valence-electron chi connectivity index (χ0n) is 16.6. The van der Waals surface area contributed by atoms with Crippen LogP contribution in [0.25, 0.3) is 16.7 Å². The molecule has 0 atom stereocenters. The summed E-state index contributed by atoms with van der Waals surface area (Å²) in [5.74, 6) is 1.13. The number of rotatable bonds is 4. The average molecular weight is 404 g/mol. The van der Waals surface area contributed by atoms with Crippen molar-refractivity contribution in [3.8, 4) is 11.4 Å². The lowest BCUT2D eigenvalue weighted by atomic mass is 10.2. The molecule has 0 bridgehead atoms. The zero-order valence-corrected chi connectivity index (χ0v) is 16.6. The molecule has 0 saturated carbocycles. The van der Waals surface area contributed by atoms with Crippen LogP contribution in [0, 0.1) is 5.82 Å². The molecule has 3 heterocycles. The summed E-state index contributed by atoms with van der Waals surface area (Å²) < 4.78 is 21.6. The van der Waals surface area contributed by atoms with Gasteiger partial charge in [-0.1, -0.05) is 24.3 Å². The molecule has 1 saturated heterocycles. The van der Waals surface area contributed by atoms with E-state index in [4.69, 9.17) is 4.74 Å². The molecule has 0 radical (unpaired) electrons. The minimum absolute atomic E-state index is 0.267. The Morgan fingerprint density at radius 1 is 0.900 bits per heavy atom. The van der Waals surface area contributed by atoms with Gasteiger partial charge in [0, 0.05) is 26.2 Å². The summed E-state index contributed by atoms with van der Waals surface area (Å²) in [6, 6.07) is 14.8. The summed E-state index contributed by atoms with van der Waals surface area (Å²) >= 11 is 0. The van der Waals surface area contributed by atoms with Gasteiger partial charge in [0.1, 0.15) is 29.4 Å². The topological polar surface area (TPSA) is 59.3 Å². The minimum Gasteiger partial charge on any atom is -0.494 e. The predicted octanol–water partition coefficient (Wildman–Crippen LogP) is 3.29. The van der Waals surface area contributed by atoms with Crippen LogP contribution in [0.15, 0.2) is 61.1 Å². The molecule has 0 spiro atoms. The number of para-hydroxylation sites is 2. The highest BCUT2D eigenvalue weighted by Crippen LogP contribution is 2.33. The van der Waals surface area contributed by atoms with E-state index in [2.05, 4.69) is 20.0 Å². The molecule has 1 aliphatic rings. The van der Waals surface area contributed by atoms with Crippen LogP contribution >= 0.6 is 0 Å². The lowest BCUT2D eigenvalue weighted by Crippen LogP contribution is -2.47. The van der Waals surface area contributed by atoms with Gasteiger partial charge in [-0.15, -0.1) is 0 Å². The average Bonchev–Trinajstić information content (AvgIpc) is 3.24. The first-order valence-corrected chi connectivity index (χ1v) is 9.83. The number of benzene rings is 2. The molecule has 1 fully saturated rings. The second-order valence-electron chi connectivity index (χ2n) is 7.09. The Hall–Kier alpha value is -3.68. The number of nitrogens with zero attached hydrogens (tertiary/aromatic N) is 6. The van der Waals surface area contributed by atoms with Gasteiger partial charge in [0.15, 0.2) is 5.65 Å². The lowest BCUT2D eigenvalue weighted by Gasteiger charge is -2.37. The van der Waals surface area contributed by atoms with Crippen LogP contribution in [0.4, 0.5) is 15.9 Å². The van der Waals surface area contributed by atoms with Crippen molar-refractivity contribution < 1.29 is 9.13 Å². The molecule has 0 amide bonds. The van der Waals surface area contributed by atoms with Crippen molar-refractivity contribution in [1.82, 2.24) is 19.7 Å². The summed E-state index contributed by atoms with van der Waals surface area (Å²) in [7, 11) is 1.57. The number of halogens is 1. The van der Waals surface area contributed by atoms with Crippen molar-refractivity contribution >= 4 is 22.5 Å². The zero-order chi connectivity index (χ0) is 20.5. The third-order valence-electron chi connectivity index (χ3n) is 5.41. The summed E-state index contributed by atoms with van der Waals surface area (Å²) in [5, 5.41) is 5.43. The van der Waals surface area contributed by atoms with Crippen LogP contribution in [0.5, 0.6) is 5.75 Å². The van der Waals surface area contributed by atoms with Gasteiger partial charge in [-0.2, -0.15) is 5.10 Å². The Morgan fingerprint density at radius 3 is 2.43 bits per heavy atom. The SMILES string of the molecule is COc1cccc(F)c1N1CCN(c2ncnc3c2cnn3-c2ccccc2)CC1. The first-order valence-electron chi connectivity index (χ1n) is 9.83. The number of ether oxygens (including phenoxy) is 1. The highest BCUT2D eigenvalue weighted by atomic mass is 19.1. The number of fused-ring (bicyclic) bond motifs is 1. The van der Waals surface area contributed by atoms with Gasteiger partial charge in [-0.3, -0.25) is 0 Å². The van der Waals surface area contributed by atoms with Crippen LogP contribution in [-0.2, 0) is 0 Å². The van der Waals surface area contributed by atoms with Crippen LogP contribution in [0.1, 0.15) is 0 Å². The smallest absolute Gasteiger partial charge is 0.168 e. The Labute approximate surface area is 173 Å². The Morgan fingerprint density at radius 2 is 1.67 bits per heavy atom. The van der Waals surface area contributed by atoms with E-state index in [1.807, 2.05) is 46.1 Å². The number of aromatic nitrogens is 4. The molecule has 2 aromatic heterocycles. The fourth-order valence-electron chi connectivity index (χ4n) is 3.95. The Bertz CT molecular complexity index is 1170. The van der Waals surface area contributed by atoms with E-state index < -0.39 is 0 Å². The van der Waals surface area contributed by atoms with Crippen molar-refractivity contribution in [2.75, 3.05) is 43.1 Å². The molecular formula is C22H21FN6O. The fourth-order valence-corrected chi connectivity index (χ4v) is 3.95. The number of hydrogen-bond acceptors (Lipinski definition) is 6. The maximum absolute atomic E-state index is 14.4. The van der Waals surface area contributed by atoms with E-state index in [0.29, 0.717) is 37.6 Å². The van der Waals surface area contributed by atoms with E-state index >= 15 is 0 Å². The summed E-state index contributed by atoms with van der Waals surface area (Å²) in [5.41, 5.74) is 2.24. The van der Waals surface area contributed by atoms with E-state index in [1.165, 1.54) is 6.07 Å². The predicted molar refractivity (Wildman–Crippen MR) is 114 cm³/mol. The van der Waals surface area contributed by atoms with Crippen LogP contribution in [-0.4, -0.2) is 53.0 Å². The first kappa shape index (κ1) is 18.4. The summed E-state index contributed by atoms with van der Waals surface area (Å²) in [4.78, 5) is 13.2. The van der Waals surface area contributed by atoms with Crippen LogP contribution in [0.2, 0.25) is 0 Å². The van der Waals surface area contributed by atoms with E-state index in [9.17, 15) is 4.39 Å². The lowest BCUT2D eigenvalue weighted by molar-refractivity contribution is 0.410. The van der Waals surface area contributed by atoms with Crippen molar-refractivity contribution in [1.29, 1.82) is 0 Å². The normalized spacial score (nSPS) is 14.3. The molecule has 5 rings (SSSR count). The van der Waals surface area contributed by atoms with Crippen LogP contribution in [0.3, 0.4) is 0 Å². The van der Waals surface area contributed by atoms with E-state index in [1.54, 1.807) is 25.6 Å². The van der Waals surface area contributed by atoms with Gasteiger partial charge in [-0.05, 0) is 24.3 Å². The third-order valence-corrected chi connectivity index (χ3v) is 5.41. The monoisotopic (exact) mass is 404 g/mol. The Kier molecular flexibility index (Phi) is 4.66. The number of piperazine rings is 1. The van der Waals surface area contributed by atoms with E-state index in [0.717, 1.165) is 22.5 Å². The van der Waals surface area contributed by atoms with Crippen molar-refractivity contribution in [3.63, 3.8) is 0 Å². The summed E-state index contributed by atoms with van der Waals surface area (Å²) in [6.45, 7) is 2.74. The van der Waals surface area contributed by atoms with Crippen molar-refractivity contribution in [2.24, 2.45) is 0 Å². The molecule has 0 aliphatic carbocycles. The van der Waals surface area contributed by atoms with Crippen molar-refractivity contribution in [2.45, 2.75) is 0 Å². The molecule has 2 aromatic carbocycles. The maximum atomic E-state index is 14.4. The number of methoxy groups -OCH3 is 1. The van der Waals surface area contributed by atoms with Gasteiger partial charge in [0.2, 0.25) is 0 Å². The van der Waals surface area contributed by atoms with Crippen LogP contribution < -0.4 is 14.5 Å². The number of hydrogen-bond donors (Lipinski definition) is 0. The third kappa shape index (κ3) is 3.10. The van der Waals surface area contributed by atoms with Crippen molar-refractivity contribution in [3.05, 3.63) is 66.9 Å². The molecule has 152 valence electrons. The van der Waals surface area contributed by atoms with Gasteiger partial charge < -0.3 is 14.5 Å². The Balaban J connectivity index is 1.42. The highest BCUT2D eigenvalue weighted by Gasteiger charge is 2.25. The quantitative estimate of drug-likeness (QED) is 0.520. The molecule has 8 heteroatoms. The molecule has 0 N–H and O–H groups in total. The maximum Gasteiger partial charge on any atom is 0.168 e. The first-order chi connectivity index (χ1) is 14.8. The second kappa shape index (κ2) is 7.62. The number of anilines is 2. The second-order valence-corrected chi connectivity index (χ2v) is 7.09. The molecule has 7 nitrogen and oxygen atoms in total.